The van der Waals surface area contributed by atoms with Crippen molar-refractivity contribution in [2.45, 2.75) is 11.8 Å². The third-order valence-electron chi connectivity index (χ3n) is 2.60. The lowest BCUT2D eigenvalue weighted by Gasteiger charge is -2.10. The molecule has 1 aromatic carbocycles. The molecule has 0 radical (unpaired) electrons. The monoisotopic (exact) mass is 332 g/mol. The molecule has 0 saturated heterocycles. The summed E-state index contributed by atoms with van der Waals surface area (Å²) in [6, 6.07) is 4.91. The summed E-state index contributed by atoms with van der Waals surface area (Å²) in [6.45, 7) is 1.56. The van der Waals surface area contributed by atoms with E-state index in [1.165, 1.54) is 6.20 Å². The van der Waals surface area contributed by atoms with Crippen LogP contribution in [0, 0.1) is 0 Å². The molecule has 20 heavy (non-hydrogen) atoms. The number of hydrogen-bond donors (Lipinski definition) is 4. The number of aromatic nitrogens is 1. The Kier molecular flexibility index (Phi) is 4.19. The first kappa shape index (κ1) is 15.0. The van der Waals surface area contributed by atoms with E-state index in [0.29, 0.717) is 21.6 Å². The molecule has 0 unspecified atom stereocenters. The molecule has 0 fully saturated rings. The van der Waals surface area contributed by atoms with E-state index in [9.17, 15) is 8.42 Å². The molecule has 2 aromatic rings. The molecule has 0 atom stereocenters. The van der Waals surface area contributed by atoms with Crippen LogP contribution in [0.15, 0.2) is 40.0 Å². The fraction of sp³-hybridized carbons (Fsp3) is 0.0909. The number of H-pyrrole nitrogens is 1. The Morgan fingerprint density at radius 3 is 2.75 bits per heavy atom. The molecule has 0 saturated carbocycles. The molecular weight excluding hydrogens is 320 g/mol. The van der Waals surface area contributed by atoms with Crippen molar-refractivity contribution in [2.75, 3.05) is 0 Å². The van der Waals surface area contributed by atoms with Gasteiger partial charge in [0.25, 0.3) is 10.0 Å². The summed E-state index contributed by atoms with van der Waals surface area (Å²) in [4.78, 5) is 2.97. The minimum absolute atomic E-state index is 0.108. The highest BCUT2D eigenvalue weighted by atomic mass is 35.5. The van der Waals surface area contributed by atoms with Gasteiger partial charge in [0.15, 0.2) is 0 Å². The summed E-state index contributed by atoms with van der Waals surface area (Å²) in [5.41, 5.74) is 6.49. The van der Waals surface area contributed by atoms with Crippen molar-refractivity contribution >= 4 is 44.5 Å². The minimum Gasteiger partial charge on any atom is -0.400 e. The van der Waals surface area contributed by atoms with Gasteiger partial charge in [0.1, 0.15) is 9.92 Å². The van der Waals surface area contributed by atoms with Gasteiger partial charge < -0.3 is 10.7 Å². The minimum atomic E-state index is -3.78. The van der Waals surface area contributed by atoms with Gasteiger partial charge in [0.05, 0.1) is 0 Å². The van der Waals surface area contributed by atoms with E-state index < -0.39 is 10.0 Å². The summed E-state index contributed by atoms with van der Waals surface area (Å²) >= 11 is 6.60. The Bertz CT molecular complexity index is 779. The molecular formula is C11H13ClN4O2S2. The molecule has 1 aromatic heterocycles. The molecule has 0 spiro atoms. The van der Waals surface area contributed by atoms with E-state index in [1.54, 1.807) is 25.1 Å². The number of hydrogen-bond acceptors (Lipinski definition) is 5. The van der Waals surface area contributed by atoms with Crippen LogP contribution in [0.2, 0.25) is 5.02 Å². The van der Waals surface area contributed by atoms with Gasteiger partial charge in [0, 0.05) is 27.8 Å². The molecule has 9 heteroatoms. The predicted molar refractivity (Wildman–Crippen MR) is 82.3 cm³/mol. The van der Waals surface area contributed by atoms with Crippen LogP contribution in [0.4, 0.5) is 0 Å². The van der Waals surface area contributed by atoms with E-state index in [0.717, 1.165) is 11.9 Å². The smallest absolute Gasteiger partial charge is 0.264 e. The summed E-state index contributed by atoms with van der Waals surface area (Å²) < 4.78 is 27.0. The number of rotatable bonds is 4. The van der Waals surface area contributed by atoms with Gasteiger partial charge in [-0.1, -0.05) is 11.6 Å². The summed E-state index contributed by atoms with van der Waals surface area (Å²) in [6.07, 6.45) is 1.40. The fourth-order valence-corrected chi connectivity index (χ4v) is 3.74. The van der Waals surface area contributed by atoms with Crippen LogP contribution in [0.5, 0.6) is 0 Å². The van der Waals surface area contributed by atoms with Gasteiger partial charge in [-0.3, -0.25) is 9.86 Å². The topological polar surface area (TPSA) is 114 Å². The normalized spacial score (nSPS) is 13.3. The zero-order valence-corrected chi connectivity index (χ0v) is 12.9. The van der Waals surface area contributed by atoms with Gasteiger partial charge in [-0.15, -0.1) is 0 Å². The van der Waals surface area contributed by atoms with E-state index in [2.05, 4.69) is 9.71 Å². The second-order valence-corrected chi connectivity index (χ2v) is 6.81. The van der Waals surface area contributed by atoms with Gasteiger partial charge in [-0.2, -0.15) is 0 Å². The zero-order chi connectivity index (χ0) is 14.9. The van der Waals surface area contributed by atoms with E-state index in [4.69, 9.17) is 22.5 Å². The molecule has 108 valence electrons. The van der Waals surface area contributed by atoms with Crippen LogP contribution in [0.1, 0.15) is 6.92 Å². The third kappa shape index (κ3) is 2.88. The largest absolute Gasteiger partial charge is 0.400 e. The van der Waals surface area contributed by atoms with Crippen LogP contribution in [0.3, 0.4) is 0 Å². The zero-order valence-electron chi connectivity index (χ0n) is 10.5. The summed E-state index contributed by atoms with van der Waals surface area (Å²) in [7, 11) is -3.78. The van der Waals surface area contributed by atoms with Gasteiger partial charge in [-0.25, -0.2) is 8.42 Å². The third-order valence-corrected chi connectivity index (χ3v) is 5.01. The highest BCUT2D eigenvalue weighted by Gasteiger charge is 2.20. The van der Waals surface area contributed by atoms with Crippen LogP contribution >= 0.6 is 23.5 Å². The van der Waals surface area contributed by atoms with Gasteiger partial charge in [-0.05, 0) is 37.1 Å². The number of benzene rings is 1. The van der Waals surface area contributed by atoms with Crippen molar-refractivity contribution in [2.24, 2.45) is 10.9 Å². The molecule has 1 heterocycles. The lowest BCUT2D eigenvalue weighted by molar-refractivity contribution is 0.590. The highest BCUT2D eigenvalue weighted by Crippen LogP contribution is 2.26. The Hall–Kier alpha value is -1.35. The number of aromatic amines is 1. The van der Waals surface area contributed by atoms with Crippen LogP contribution in [-0.2, 0) is 10.0 Å². The van der Waals surface area contributed by atoms with E-state index in [-0.39, 0.29) is 9.92 Å². The van der Waals surface area contributed by atoms with Crippen LogP contribution < -0.4 is 15.6 Å². The Morgan fingerprint density at radius 2 is 2.15 bits per heavy atom. The second-order valence-electron chi connectivity index (χ2n) is 4.08. The molecule has 0 aliphatic rings. The molecule has 0 bridgehead atoms. The van der Waals surface area contributed by atoms with E-state index in [1.807, 2.05) is 0 Å². The molecule has 2 rings (SSSR count). The molecule has 0 aliphatic heterocycles. The number of nitrogens with two attached hydrogens (primary N) is 2. The molecule has 6 N–H and O–H groups in total. The van der Waals surface area contributed by atoms with Gasteiger partial charge >= 0.3 is 0 Å². The van der Waals surface area contributed by atoms with Crippen molar-refractivity contribution < 1.29 is 8.42 Å². The van der Waals surface area contributed by atoms with E-state index >= 15 is 0 Å². The standard InChI is InChI=1S/C11H13ClN4O2S2/c1-6(13)11(19-14)16-20(17,18)10-5-15-9-4-7(12)2-3-8(9)10/h2-5,15-16H,13-14H2,1H3/b11-6-. The maximum absolute atomic E-state index is 12.3. The molecule has 0 amide bonds. The Balaban J connectivity index is 2.50. The van der Waals surface area contributed by atoms with Crippen molar-refractivity contribution in [3.05, 3.63) is 40.1 Å². The second kappa shape index (κ2) is 5.57. The Labute approximate surface area is 125 Å². The van der Waals surface area contributed by atoms with Crippen LogP contribution in [0.25, 0.3) is 10.9 Å². The van der Waals surface area contributed by atoms with Crippen molar-refractivity contribution in [1.82, 2.24) is 9.71 Å². The van der Waals surface area contributed by atoms with Crippen LogP contribution in [-0.4, -0.2) is 13.4 Å². The number of sulfonamides is 1. The maximum Gasteiger partial charge on any atom is 0.264 e. The molecule has 0 aliphatic carbocycles. The number of allylic oxidation sites excluding steroid dienone is 1. The maximum atomic E-state index is 12.3. The first-order valence-corrected chi connectivity index (χ1v) is 8.22. The fourth-order valence-electron chi connectivity index (χ4n) is 1.67. The lowest BCUT2D eigenvalue weighted by Crippen LogP contribution is -2.24. The van der Waals surface area contributed by atoms with Crippen molar-refractivity contribution in [3.63, 3.8) is 0 Å². The average Bonchev–Trinajstić information content (AvgIpc) is 2.79. The van der Waals surface area contributed by atoms with Crippen molar-refractivity contribution in [1.29, 1.82) is 0 Å². The molecule has 6 nitrogen and oxygen atoms in total. The number of nitrogens with one attached hydrogen (secondary N) is 2. The lowest BCUT2D eigenvalue weighted by atomic mass is 10.2. The first-order chi connectivity index (χ1) is 9.35. The predicted octanol–water partition coefficient (Wildman–Crippen LogP) is 1.85. The first-order valence-electron chi connectivity index (χ1n) is 5.47. The SMILES string of the molecule is C/C(N)=C(\NS(=O)(=O)c1c[nH]c2cc(Cl)ccc12)SN. The summed E-state index contributed by atoms with van der Waals surface area (Å²) in [5, 5.41) is 6.64. The van der Waals surface area contributed by atoms with Crippen molar-refractivity contribution in [3.8, 4) is 0 Å². The summed E-state index contributed by atoms with van der Waals surface area (Å²) in [5.74, 6) is 0. The van der Waals surface area contributed by atoms with Gasteiger partial charge in [0.2, 0.25) is 0 Å². The quantitative estimate of drug-likeness (QED) is 0.638. The number of halogens is 1. The number of fused-ring (bicyclic) bond motifs is 1. The average molecular weight is 333 g/mol. The highest BCUT2D eigenvalue weighted by molar-refractivity contribution is 8.02. The Morgan fingerprint density at radius 1 is 1.45 bits per heavy atom.